The second-order valence-electron chi connectivity index (χ2n) is 7.84. The van der Waals surface area contributed by atoms with Crippen LogP contribution in [0.5, 0.6) is 0 Å². The van der Waals surface area contributed by atoms with Crippen LogP contribution in [-0.2, 0) is 6.54 Å². The molecule has 0 aromatic heterocycles. The number of amides is 3. The van der Waals surface area contributed by atoms with Gasteiger partial charge in [-0.15, -0.1) is 0 Å². The van der Waals surface area contributed by atoms with E-state index in [1.807, 2.05) is 53.4 Å². The molecule has 1 heterocycles. The third kappa shape index (κ3) is 4.73. The van der Waals surface area contributed by atoms with E-state index in [0.717, 1.165) is 37.1 Å². The van der Waals surface area contributed by atoms with E-state index in [9.17, 15) is 9.59 Å². The zero-order valence-electron chi connectivity index (χ0n) is 16.4. The summed E-state index contributed by atoms with van der Waals surface area (Å²) in [4.78, 5) is 29.1. The second kappa shape index (κ2) is 8.87. The lowest BCUT2D eigenvalue weighted by molar-refractivity contribution is 0.0938. The molecule has 2 aromatic rings. The van der Waals surface area contributed by atoms with Crippen LogP contribution in [0.15, 0.2) is 48.5 Å². The van der Waals surface area contributed by atoms with E-state index in [1.54, 1.807) is 4.90 Å². The largest absolute Gasteiger partial charge is 0.349 e. The Morgan fingerprint density at radius 2 is 1.66 bits per heavy atom. The van der Waals surface area contributed by atoms with Gasteiger partial charge in [-0.3, -0.25) is 9.69 Å². The molecule has 1 aliphatic heterocycles. The SMILES string of the molecule is O=C(NC1CCCC1)c1ccc(N2CCCN(Cc3ccc(Cl)cc3)C2=O)cc1. The van der Waals surface area contributed by atoms with Crippen LogP contribution in [0.2, 0.25) is 5.02 Å². The fourth-order valence-electron chi connectivity index (χ4n) is 4.11. The molecule has 5 nitrogen and oxygen atoms in total. The van der Waals surface area contributed by atoms with Crippen LogP contribution in [0.1, 0.15) is 48.0 Å². The summed E-state index contributed by atoms with van der Waals surface area (Å²) in [5, 5.41) is 3.80. The first-order valence-corrected chi connectivity index (χ1v) is 10.7. The molecule has 2 fully saturated rings. The van der Waals surface area contributed by atoms with E-state index >= 15 is 0 Å². The first-order chi connectivity index (χ1) is 14.1. The molecule has 6 heteroatoms. The standard InChI is InChI=1S/C23H26ClN3O2/c24-19-10-6-17(7-11-19)16-26-14-3-15-27(23(26)29)21-12-8-18(9-13-21)22(28)25-20-4-1-2-5-20/h6-13,20H,1-5,14-16H2,(H,25,28). The number of hydrogen-bond acceptors (Lipinski definition) is 2. The minimum absolute atomic E-state index is 0.00522. The summed E-state index contributed by atoms with van der Waals surface area (Å²) in [5.41, 5.74) is 2.53. The lowest BCUT2D eigenvalue weighted by atomic mass is 10.1. The fourth-order valence-corrected chi connectivity index (χ4v) is 4.24. The Morgan fingerprint density at radius 3 is 2.34 bits per heavy atom. The van der Waals surface area contributed by atoms with Gasteiger partial charge in [-0.1, -0.05) is 36.6 Å². The Labute approximate surface area is 176 Å². The highest BCUT2D eigenvalue weighted by molar-refractivity contribution is 6.30. The summed E-state index contributed by atoms with van der Waals surface area (Å²) >= 11 is 5.95. The minimum atomic E-state index is -0.0298. The number of halogens is 1. The van der Waals surface area contributed by atoms with Gasteiger partial charge >= 0.3 is 6.03 Å². The van der Waals surface area contributed by atoms with E-state index in [-0.39, 0.29) is 11.9 Å². The molecule has 152 valence electrons. The Hall–Kier alpha value is -2.53. The van der Waals surface area contributed by atoms with Crippen molar-refractivity contribution in [3.05, 3.63) is 64.7 Å². The van der Waals surface area contributed by atoms with Gasteiger partial charge in [0.25, 0.3) is 5.91 Å². The van der Waals surface area contributed by atoms with Gasteiger partial charge in [-0.05, 0) is 61.2 Å². The van der Waals surface area contributed by atoms with E-state index in [1.165, 1.54) is 12.8 Å². The Bertz CT molecular complexity index is 861. The average Bonchev–Trinajstić information content (AvgIpc) is 3.24. The molecule has 0 atom stereocenters. The average molecular weight is 412 g/mol. The predicted molar refractivity (Wildman–Crippen MR) is 115 cm³/mol. The van der Waals surface area contributed by atoms with Crippen molar-refractivity contribution in [2.75, 3.05) is 18.0 Å². The first-order valence-electron chi connectivity index (χ1n) is 10.3. The van der Waals surface area contributed by atoms with Crippen molar-refractivity contribution in [1.29, 1.82) is 0 Å². The number of carbonyl (C=O) groups excluding carboxylic acids is 2. The number of carbonyl (C=O) groups is 2. The predicted octanol–water partition coefficient (Wildman–Crippen LogP) is 4.84. The van der Waals surface area contributed by atoms with Crippen LogP contribution in [-0.4, -0.2) is 36.0 Å². The van der Waals surface area contributed by atoms with Crippen molar-refractivity contribution >= 4 is 29.2 Å². The molecule has 1 saturated carbocycles. The lowest BCUT2D eigenvalue weighted by Gasteiger charge is -2.35. The molecule has 0 spiro atoms. The maximum atomic E-state index is 13.0. The van der Waals surface area contributed by atoms with Crippen LogP contribution in [0.25, 0.3) is 0 Å². The van der Waals surface area contributed by atoms with Crippen LogP contribution in [0.4, 0.5) is 10.5 Å². The Kier molecular flexibility index (Phi) is 6.05. The Morgan fingerprint density at radius 1 is 0.966 bits per heavy atom. The summed E-state index contributed by atoms with van der Waals surface area (Å²) in [6.07, 6.45) is 5.41. The minimum Gasteiger partial charge on any atom is -0.349 e. The highest BCUT2D eigenvalue weighted by Gasteiger charge is 2.27. The van der Waals surface area contributed by atoms with E-state index in [0.29, 0.717) is 29.7 Å². The summed E-state index contributed by atoms with van der Waals surface area (Å²) in [5.74, 6) is -0.0298. The molecule has 1 aliphatic carbocycles. The molecule has 0 bridgehead atoms. The first kappa shape index (κ1) is 19.8. The third-order valence-electron chi connectivity index (χ3n) is 5.73. The van der Waals surface area contributed by atoms with Gasteiger partial charge in [0.15, 0.2) is 0 Å². The highest BCUT2D eigenvalue weighted by atomic mass is 35.5. The van der Waals surface area contributed by atoms with Crippen LogP contribution < -0.4 is 10.2 Å². The lowest BCUT2D eigenvalue weighted by Crippen LogP contribution is -2.49. The van der Waals surface area contributed by atoms with Gasteiger partial charge in [-0.25, -0.2) is 4.79 Å². The molecule has 1 saturated heterocycles. The molecule has 1 N–H and O–H groups in total. The van der Waals surface area contributed by atoms with Crippen molar-refractivity contribution in [1.82, 2.24) is 10.2 Å². The Balaban J connectivity index is 1.41. The summed E-state index contributed by atoms with van der Waals surface area (Å²) in [7, 11) is 0. The van der Waals surface area contributed by atoms with Gasteiger partial charge < -0.3 is 10.2 Å². The quantitative estimate of drug-likeness (QED) is 0.764. The molecule has 4 rings (SSSR count). The van der Waals surface area contributed by atoms with Gasteiger partial charge in [0.2, 0.25) is 0 Å². The number of rotatable bonds is 5. The molecule has 29 heavy (non-hydrogen) atoms. The number of nitrogens with zero attached hydrogens (tertiary/aromatic N) is 2. The number of hydrogen-bond donors (Lipinski definition) is 1. The van der Waals surface area contributed by atoms with Crippen LogP contribution in [0.3, 0.4) is 0 Å². The van der Waals surface area contributed by atoms with Gasteiger partial charge in [0.05, 0.1) is 0 Å². The number of benzene rings is 2. The topological polar surface area (TPSA) is 52.7 Å². The summed E-state index contributed by atoms with van der Waals surface area (Å²) in [6, 6.07) is 15.2. The van der Waals surface area contributed by atoms with E-state index in [2.05, 4.69) is 5.32 Å². The molecule has 3 amide bonds. The van der Waals surface area contributed by atoms with Gasteiger partial charge in [0.1, 0.15) is 0 Å². The summed E-state index contributed by atoms with van der Waals surface area (Å²) < 4.78 is 0. The monoisotopic (exact) mass is 411 g/mol. The molecular formula is C23H26ClN3O2. The molecular weight excluding hydrogens is 386 g/mol. The van der Waals surface area contributed by atoms with Crippen molar-refractivity contribution in [2.24, 2.45) is 0 Å². The third-order valence-corrected chi connectivity index (χ3v) is 5.98. The molecule has 2 aromatic carbocycles. The van der Waals surface area contributed by atoms with Gasteiger partial charge in [-0.2, -0.15) is 0 Å². The van der Waals surface area contributed by atoms with Crippen molar-refractivity contribution in [2.45, 2.75) is 44.7 Å². The van der Waals surface area contributed by atoms with Crippen molar-refractivity contribution in [3.63, 3.8) is 0 Å². The normalized spacial score (nSPS) is 17.6. The van der Waals surface area contributed by atoms with Crippen molar-refractivity contribution < 1.29 is 9.59 Å². The van der Waals surface area contributed by atoms with Crippen molar-refractivity contribution in [3.8, 4) is 0 Å². The molecule has 2 aliphatic rings. The maximum absolute atomic E-state index is 13.0. The van der Waals surface area contributed by atoms with Crippen LogP contribution in [0, 0.1) is 0 Å². The van der Waals surface area contributed by atoms with Gasteiger partial charge in [0, 0.05) is 41.9 Å². The number of nitrogens with one attached hydrogen (secondary N) is 1. The number of anilines is 1. The number of urea groups is 1. The maximum Gasteiger partial charge on any atom is 0.324 e. The highest BCUT2D eigenvalue weighted by Crippen LogP contribution is 2.23. The van der Waals surface area contributed by atoms with Crippen LogP contribution >= 0.6 is 11.6 Å². The molecule has 0 radical (unpaired) electrons. The van der Waals surface area contributed by atoms with E-state index < -0.39 is 0 Å². The zero-order valence-corrected chi connectivity index (χ0v) is 17.2. The van der Waals surface area contributed by atoms with E-state index in [4.69, 9.17) is 11.6 Å². The smallest absolute Gasteiger partial charge is 0.324 e. The zero-order chi connectivity index (χ0) is 20.2. The second-order valence-corrected chi connectivity index (χ2v) is 8.27. The molecule has 0 unspecified atom stereocenters. The summed E-state index contributed by atoms with van der Waals surface area (Å²) in [6.45, 7) is 1.98. The fraction of sp³-hybridized carbons (Fsp3) is 0.391.